The monoisotopic (exact) mass is 513 g/mol. The summed E-state index contributed by atoms with van der Waals surface area (Å²) in [7, 11) is -3.88. The lowest BCUT2D eigenvalue weighted by Crippen LogP contribution is -2.52. The van der Waals surface area contributed by atoms with Crippen LogP contribution >= 0.6 is 23.2 Å². The van der Waals surface area contributed by atoms with E-state index in [-0.39, 0.29) is 28.2 Å². The van der Waals surface area contributed by atoms with Crippen molar-refractivity contribution in [1.29, 1.82) is 0 Å². The molecular formula is C23H29Cl2N3O4S. The van der Waals surface area contributed by atoms with Gasteiger partial charge >= 0.3 is 0 Å². The summed E-state index contributed by atoms with van der Waals surface area (Å²) < 4.78 is 26.1. The van der Waals surface area contributed by atoms with Crippen LogP contribution in [0.25, 0.3) is 0 Å². The van der Waals surface area contributed by atoms with Gasteiger partial charge in [0.05, 0.1) is 17.0 Å². The highest BCUT2D eigenvalue weighted by Gasteiger charge is 2.32. The van der Waals surface area contributed by atoms with Crippen molar-refractivity contribution < 1.29 is 18.0 Å². The molecule has 0 unspecified atom stereocenters. The number of amides is 2. The first-order valence-electron chi connectivity index (χ1n) is 10.5. The quantitative estimate of drug-likeness (QED) is 0.519. The third-order valence-electron chi connectivity index (χ3n) is 5.07. The smallest absolute Gasteiger partial charge is 0.244 e. The Hall–Kier alpha value is -2.29. The van der Waals surface area contributed by atoms with E-state index in [1.54, 1.807) is 13.8 Å². The minimum absolute atomic E-state index is 0.0985. The average molecular weight is 514 g/mol. The Labute approximate surface area is 205 Å². The molecule has 2 rings (SSSR count). The SMILES string of the molecule is CCNC(=O)[C@@H](CC)N(Cc1ccc(C)cc1)C(=O)CN(c1cc(Cl)ccc1Cl)S(C)(=O)=O. The maximum Gasteiger partial charge on any atom is 0.244 e. The van der Waals surface area contributed by atoms with Crippen molar-refractivity contribution in [1.82, 2.24) is 10.2 Å². The summed E-state index contributed by atoms with van der Waals surface area (Å²) in [4.78, 5) is 27.7. The molecule has 10 heteroatoms. The number of hydrogen-bond acceptors (Lipinski definition) is 4. The number of carbonyl (C=O) groups excluding carboxylic acids is 2. The van der Waals surface area contributed by atoms with Gasteiger partial charge in [-0.1, -0.05) is 60.0 Å². The summed E-state index contributed by atoms with van der Waals surface area (Å²) in [5, 5.41) is 3.17. The molecule has 0 aliphatic carbocycles. The molecule has 0 aliphatic heterocycles. The number of benzene rings is 2. The summed E-state index contributed by atoms with van der Waals surface area (Å²) in [6.45, 7) is 5.58. The number of aryl methyl sites for hydroxylation is 1. The van der Waals surface area contributed by atoms with E-state index in [1.807, 2.05) is 31.2 Å². The van der Waals surface area contributed by atoms with E-state index in [4.69, 9.17) is 23.2 Å². The largest absolute Gasteiger partial charge is 0.355 e. The second-order valence-corrected chi connectivity index (χ2v) is 10.4. The van der Waals surface area contributed by atoms with Gasteiger partial charge in [-0.2, -0.15) is 0 Å². The number of anilines is 1. The van der Waals surface area contributed by atoms with E-state index >= 15 is 0 Å². The molecular weight excluding hydrogens is 485 g/mol. The van der Waals surface area contributed by atoms with Crippen LogP contribution in [0.3, 0.4) is 0 Å². The number of nitrogens with zero attached hydrogens (tertiary/aromatic N) is 2. The van der Waals surface area contributed by atoms with Crippen molar-refractivity contribution in [3.05, 3.63) is 63.6 Å². The Balaban J connectivity index is 2.46. The molecule has 1 atom stereocenters. The lowest BCUT2D eigenvalue weighted by Gasteiger charge is -2.33. The summed E-state index contributed by atoms with van der Waals surface area (Å²) in [5.74, 6) is -0.831. The summed E-state index contributed by atoms with van der Waals surface area (Å²) >= 11 is 12.3. The first-order chi connectivity index (χ1) is 15.5. The van der Waals surface area contributed by atoms with Gasteiger partial charge in [-0.05, 0) is 44.0 Å². The molecule has 0 saturated carbocycles. The van der Waals surface area contributed by atoms with Gasteiger partial charge in [0.15, 0.2) is 0 Å². The van der Waals surface area contributed by atoms with E-state index in [2.05, 4.69) is 5.32 Å². The molecule has 33 heavy (non-hydrogen) atoms. The van der Waals surface area contributed by atoms with Gasteiger partial charge in [-0.3, -0.25) is 13.9 Å². The molecule has 2 aromatic rings. The van der Waals surface area contributed by atoms with Gasteiger partial charge < -0.3 is 10.2 Å². The molecule has 7 nitrogen and oxygen atoms in total. The fraction of sp³-hybridized carbons (Fsp3) is 0.391. The molecule has 0 spiro atoms. The molecule has 0 saturated heterocycles. The maximum absolute atomic E-state index is 13.5. The summed E-state index contributed by atoms with van der Waals surface area (Å²) in [6, 6.07) is 11.2. The van der Waals surface area contributed by atoms with Crippen LogP contribution < -0.4 is 9.62 Å². The van der Waals surface area contributed by atoms with Crippen molar-refractivity contribution >= 4 is 50.7 Å². The summed E-state index contributed by atoms with van der Waals surface area (Å²) in [5.41, 5.74) is 1.98. The lowest BCUT2D eigenvalue weighted by atomic mass is 10.1. The van der Waals surface area contributed by atoms with Crippen molar-refractivity contribution in [3.63, 3.8) is 0 Å². The molecule has 0 radical (unpaired) electrons. The first-order valence-corrected chi connectivity index (χ1v) is 13.1. The van der Waals surface area contributed by atoms with Crippen LogP contribution in [0.15, 0.2) is 42.5 Å². The second-order valence-electron chi connectivity index (χ2n) is 7.69. The highest BCUT2D eigenvalue weighted by molar-refractivity contribution is 7.92. The Bertz CT molecular complexity index is 1090. The number of halogens is 2. The van der Waals surface area contributed by atoms with Crippen LogP contribution in [0.1, 0.15) is 31.4 Å². The highest BCUT2D eigenvalue weighted by atomic mass is 35.5. The van der Waals surface area contributed by atoms with Crippen LogP contribution in [0.2, 0.25) is 10.0 Å². The Morgan fingerprint density at radius 2 is 1.70 bits per heavy atom. The zero-order valence-electron chi connectivity index (χ0n) is 19.1. The number of hydrogen-bond donors (Lipinski definition) is 1. The van der Waals surface area contributed by atoms with Gasteiger partial charge in [0.2, 0.25) is 21.8 Å². The zero-order chi connectivity index (χ0) is 24.8. The highest BCUT2D eigenvalue weighted by Crippen LogP contribution is 2.31. The summed E-state index contributed by atoms with van der Waals surface area (Å²) in [6.07, 6.45) is 1.35. The van der Waals surface area contributed by atoms with Gasteiger partial charge in [0.1, 0.15) is 12.6 Å². The molecule has 1 N–H and O–H groups in total. The minimum Gasteiger partial charge on any atom is -0.355 e. The van der Waals surface area contributed by atoms with E-state index in [9.17, 15) is 18.0 Å². The van der Waals surface area contributed by atoms with Gasteiger partial charge in [0, 0.05) is 18.1 Å². The molecule has 0 aromatic heterocycles. The average Bonchev–Trinajstić information content (AvgIpc) is 2.74. The minimum atomic E-state index is -3.88. The van der Waals surface area contributed by atoms with Gasteiger partial charge in [-0.15, -0.1) is 0 Å². The second kappa shape index (κ2) is 11.7. The molecule has 0 fully saturated rings. The van der Waals surface area contributed by atoms with Crippen LogP contribution in [-0.4, -0.2) is 50.5 Å². The number of sulfonamides is 1. The first kappa shape index (κ1) is 27.0. The topological polar surface area (TPSA) is 86.8 Å². The molecule has 2 aromatic carbocycles. The van der Waals surface area contributed by atoms with E-state index in [1.165, 1.54) is 23.1 Å². The standard InChI is InChI=1S/C23H29Cl2N3O4S/c1-5-20(23(30)26-6-2)27(14-17-9-7-16(3)8-10-17)22(29)15-28(33(4,31)32)21-13-18(24)11-12-19(21)25/h7-13,20H,5-6,14-15H2,1-4H3,(H,26,30)/t20-/m1/s1. The van der Waals surface area contributed by atoms with Crippen LogP contribution in [-0.2, 0) is 26.2 Å². The van der Waals surface area contributed by atoms with Gasteiger partial charge in [-0.25, -0.2) is 8.42 Å². The Morgan fingerprint density at radius 3 is 2.24 bits per heavy atom. The Kier molecular flexibility index (Phi) is 9.57. The number of nitrogens with one attached hydrogen (secondary N) is 1. The molecule has 180 valence electrons. The molecule has 0 aliphatic rings. The predicted octanol–water partition coefficient (Wildman–Crippen LogP) is 4.01. The van der Waals surface area contributed by atoms with Crippen LogP contribution in [0, 0.1) is 6.92 Å². The van der Waals surface area contributed by atoms with Crippen molar-refractivity contribution in [2.24, 2.45) is 0 Å². The fourth-order valence-corrected chi connectivity index (χ4v) is 4.66. The maximum atomic E-state index is 13.5. The number of carbonyl (C=O) groups is 2. The van der Waals surface area contributed by atoms with E-state index < -0.39 is 28.5 Å². The van der Waals surface area contributed by atoms with E-state index in [0.717, 1.165) is 21.7 Å². The Morgan fingerprint density at radius 1 is 1.06 bits per heavy atom. The van der Waals surface area contributed by atoms with Crippen molar-refractivity contribution in [2.75, 3.05) is 23.7 Å². The van der Waals surface area contributed by atoms with Crippen LogP contribution in [0.5, 0.6) is 0 Å². The zero-order valence-corrected chi connectivity index (χ0v) is 21.5. The molecule has 0 heterocycles. The van der Waals surface area contributed by atoms with Gasteiger partial charge in [0.25, 0.3) is 0 Å². The van der Waals surface area contributed by atoms with Crippen molar-refractivity contribution in [3.8, 4) is 0 Å². The van der Waals surface area contributed by atoms with Crippen molar-refractivity contribution in [2.45, 2.75) is 39.8 Å². The molecule has 0 bridgehead atoms. The van der Waals surface area contributed by atoms with E-state index in [0.29, 0.717) is 13.0 Å². The number of rotatable bonds is 10. The third kappa shape index (κ3) is 7.35. The normalized spacial score (nSPS) is 12.2. The van der Waals surface area contributed by atoms with Crippen LogP contribution in [0.4, 0.5) is 5.69 Å². The molecule has 2 amide bonds. The fourth-order valence-electron chi connectivity index (χ4n) is 3.37. The predicted molar refractivity (Wildman–Crippen MR) is 133 cm³/mol. The third-order valence-corrected chi connectivity index (χ3v) is 6.75. The lowest BCUT2D eigenvalue weighted by molar-refractivity contribution is -0.140. The number of likely N-dealkylation sites (N-methyl/N-ethyl adjacent to an activating group) is 1.